The molecule has 3 nitrogen and oxygen atoms in total. The molecule has 20 heavy (non-hydrogen) atoms. The molecule has 2 unspecified atom stereocenters. The van der Waals surface area contributed by atoms with Gasteiger partial charge in [-0.1, -0.05) is 12.8 Å². The van der Waals surface area contributed by atoms with Crippen molar-refractivity contribution in [1.82, 2.24) is 4.90 Å². The number of carbonyl (C=O) groups is 1. The number of rotatable bonds is 2. The Morgan fingerprint density at radius 2 is 1.70 bits per heavy atom. The van der Waals surface area contributed by atoms with Gasteiger partial charge in [0.25, 0.3) is 0 Å². The molecule has 1 aliphatic carbocycles. The van der Waals surface area contributed by atoms with Crippen LogP contribution in [0.25, 0.3) is 0 Å². The first-order valence-electron chi connectivity index (χ1n) is 7.40. The fraction of sp³-hybridized carbons (Fsp3) is 0.929. The van der Waals surface area contributed by atoms with Gasteiger partial charge >= 0.3 is 6.18 Å². The molecule has 1 heterocycles. The summed E-state index contributed by atoms with van der Waals surface area (Å²) >= 11 is 0. The van der Waals surface area contributed by atoms with E-state index in [1.54, 1.807) is 4.90 Å². The second kappa shape index (κ2) is 6.33. The number of likely N-dealkylation sites (tertiary alicyclic amines) is 1. The zero-order valence-corrected chi connectivity index (χ0v) is 11.5. The highest BCUT2D eigenvalue weighted by molar-refractivity contribution is 5.79. The van der Waals surface area contributed by atoms with E-state index in [-0.39, 0.29) is 24.9 Å². The van der Waals surface area contributed by atoms with E-state index in [9.17, 15) is 18.0 Å². The summed E-state index contributed by atoms with van der Waals surface area (Å²) in [6.45, 7) is 1.05. The molecule has 1 amide bonds. The molecule has 1 saturated carbocycles. The van der Waals surface area contributed by atoms with Gasteiger partial charge < -0.3 is 10.0 Å². The minimum absolute atomic E-state index is 0.0764. The van der Waals surface area contributed by atoms with Gasteiger partial charge in [0.15, 0.2) is 0 Å². The molecule has 1 saturated heterocycles. The molecular formula is C14H22F3NO2. The number of aliphatic hydroxyl groups is 1. The third-order valence-electron chi connectivity index (χ3n) is 4.69. The number of aliphatic hydroxyl groups excluding tert-OH is 1. The minimum atomic E-state index is -4.27. The first-order valence-corrected chi connectivity index (χ1v) is 7.40. The maximum Gasteiger partial charge on any atom is 0.392 e. The summed E-state index contributed by atoms with van der Waals surface area (Å²) < 4.78 is 39.1. The molecule has 2 aliphatic rings. The molecule has 2 atom stereocenters. The molecular weight excluding hydrogens is 271 g/mol. The van der Waals surface area contributed by atoms with Gasteiger partial charge in [-0.15, -0.1) is 0 Å². The average Bonchev–Trinajstić information content (AvgIpc) is 2.46. The lowest BCUT2D eigenvalue weighted by atomic mass is 9.77. The number of hydrogen-bond acceptors (Lipinski definition) is 2. The fourth-order valence-corrected chi connectivity index (χ4v) is 3.39. The summed E-state index contributed by atoms with van der Waals surface area (Å²) in [6, 6.07) is 0. The van der Waals surface area contributed by atoms with Crippen molar-refractivity contribution in [2.75, 3.05) is 19.7 Å². The van der Waals surface area contributed by atoms with Crippen LogP contribution >= 0.6 is 0 Å². The van der Waals surface area contributed by atoms with E-state index in [4.69, 9.17) is 5.11 Å². The lowest BCUT2D eigenvalue weighted by molar-refractivity contribution is -0.201. The smallest absolute Gasteiger partial charge is 0.392 e. The van der Waals surface area contributed by atoms with Crippen LogP contribution in [0.2, 0.25) is 0 Å². The first kappa shape index (κ1) is 15.6. The Bertz CT molecular complexity index is 338. The third-order valence-corrected chi connectivity index (χ3v) is 4.69. The van der Waals surface area contributed by atoms with Gasteiger partial charge in [-0.25, -0.2) is 0 Å². The summed E-state index contributed by atoms with van der Waals surface area (Å²) in [7, 11) is 0. The van der Waals surface area contributed by atoms with Gasteiger partial charge in [-0.05, 0) is 31.6 Å². The van der Waals surface area contributed by atoms with Crippen LogP contribution < -0.4 is 0 Å². The Hall–Kier alpha value is -0.780. The quantitative estimate of drug-likeness (QED) is 0.850. The molecule has 0 aromatic carbocycles. The van der Waals surface area contributed by atoms with Crippen molar-refractivity contribution in [3.05, 3.63) is 0 Å². The van der Waals surface area contributed by atoms with Crippen molar-refractivity contribution in [3.8, 4) is 0 Å². The normalized spacial score (nSPS) is 29.5. The minimum Gasteiger partial charge on any atom is -0.396 e. The highest BCUT2D eigenvalue weighted by atomic mass is 19.4. The van der Waals surface area contributed by atoms with Crippen LogP contribution in [-0.2, 0) is 4.79 Å². The predicted molar refractivity (Wildman–Crippen MR) is 67.9 cm³/mol. The average molecular weight is 293 g/mol. The van der Waals surface area contributed by atoms with Crippen LogP contribution in [0, 0.1) is 17.8 Å². The summed E-state index contributed by atoms with van der Waals surface area (Å²) in [6.07, 6.45) is -1.21. The van der Waals surface area contributed by atoms with Crippen LogP contribution in [-0.4, -0.2) is 41.8 Å². The topological polar surface area (TPSA) is 40.5 Å². The second-order valence-electron chi connectivity index (χ2n) is 5.99. The lowest BCUT2D eigenvalue weighted by Gasteiger charge is -2.38. The number of halogens is 3. The van der Waals surface area contributed by atoms with Crippen LogP contribution in [0.1, 0.15) is 38.5 Å². The van der Waals surface area contributed by atoms with Crippen LogP contribution in [0.5, 0.6) is 0 Å². The molecule has 0 bridgehead atoms. The number of amides is 1. The highest BCUT2D eigenvalue weighted by Gasteiger charge is 2.49. The molecule has 2 rings (SSSR count). The molecule has 1 N–H and O–H groups in total. The molecule has 6 heteroatoms. The maximum absolute atomic E-state index is 13.0. The summed E-state index contributed by atoms with van der Waals surface area (Å²) in [4.78, 5) is 13.9. The van der Waals surface area contributed by atoms with Gasteiger partial charge in [0, 0.05) is 25.6 Å². The van der Waals surface area contributed by atoms with Crippen molar-refractivity contribution < 1.29 is 23.1 Å². The summed E-state index contributed by atoms with van der Waals surface area (Å²) in [5.41, 5.74) is 0. The Balaban J connectivity index is 2.00. The molecule has 0 aromatic heterocycles. The number of carbonyl (C=O) groups excluding carboxylic acids is 1. The monoisotopic (exact) mass is 293 g/mol. The van der Waals surface area contributed by atoms with Crippen molar-refractivity contribution >= 4 is 5.91 Å². The van der Waals surface area contributed by atoms with E-state index in [1.807, 2.05) is 0 Å². The Morgan fingerprint density at radius 3 is 2.25 bits per heavy atom. The Labute approximate surface area is 117 Å². The SMILES string of the molecule is O=C(C1CCCCC1C(F)(F)F)N1CCC(CO)CC1. The molecule has 2 fully saturated rings. The Kier molecular flexibility index (Phi) is 4.94. The summed E-state index contributed by atoms with van der Waals surface area (Å²) in [5, 5.41) is 9.06. The first-order chi connectivity index (χ1) is 9.43. The lowest BCUT2D eigenvalue weighted by Crippen LogP contribution is -2.47. The number of alkyl halides is 3. The van der Waals surface area contributed by atoms with E-state index in [1.165, 1.54) is 0 Å². The third kappa shape index (κ3) is 3.45. The standard InChI is InChI=1S/C14H22F3NO2/c15-14(16,17)12-4-2-1-3-11(12)13(20)18-7-5-10(9-19)6-8-18/h10-12,19H,1-9H2. The number of hydrogen-bond donors (Lipinski definition) is 1. The van der Waals surface area contributed by atoms with E-state index >= 15 is 0 Å². The van der Waals surface area contributed by atoms with Crippen LogP contribution in [0.15, 0.2) is 0 Å². The van der Waals surface area contributed by atoms with Gasteiger partial charge in [-0.3, -0.25) is 4.79 Å². The zero-order valence-electron chi connectivity index (χ0n) is 11.5. The van der Waals surface area contributed by atoms with Crippen molar-refractivity contribution in [2.45, 2.75) is 44.7 Å². The van der Waals surface area contributed by atoms with E-state index in [2.05, 4.69) is 0 Å². The number of piperidine rings is 1. The molecule has 1 aliphatic heterocycles. The van der Waals surface area contributed by atoms with Crippen LogP contribution in [0.4, 0.5) is 13.2 Å². The van der Waals surface area contributed by atoms with Gasteiger partial charge in [-0.2, -0.15) is 13.2 Å². The largest absolute Gasteiger partial charge is 0.396 e. The van der Waals surface area contributed by atoms with Gasteiger partial charge in [0.05, 0.1) is 5.92 Å². The van der Waals surface area contributed by atoms with Gasteiger partial charge in [0.2, 0.25) is 5.91 Å². The molecule has 0 spiro atoms. The van der Waals surface area contributed by atoms with Crippen molar-refractivity contribution in [1.29, 1.82) is 0 Å². The van der Waals surface area contributed by atoms with Gasteiger partial charge in [0.1, 0.15) is 0 Å². The highest BCUT2D eigenvalue weighted by Crippen LogP contribution is 2.42. The maximum atomic E-state index is 13.0. The fourth-order valence-electron chi connectivity index (χ4n) is 3.39. The zero-order chi connectivity index (χ0) is 14.8. The Morgan fingerprint density at radius 1 is 1.10 bits per heavy atom. The predicted octanol–water partition coefficient (Wildman–Crippen LogP) is 2.59. The van der Waals surface area contributed by atoms with E-state index in [0.717, 1.165) is 0 Å². The van der Waals surface area contributed by atoms with Crippen molar-refractivity contribution in [3.63, 3.8) is 0 Å². The number of nitrogens with zero attached hydrogens (tertiary/aromatic N) is 1. The van der Waals surface area contributed by atoms with E-state index < -0.39 is 18.0 Å². The van der Waals surface area contributed by atoms with E-state index in [0.29, 0.717) is 45.2 Å². The summed E-state index contributed by atoms with van der Waals surface area (Å²) in [5.74, 6) is -2.51. The van der Waals surface area contributed by atoms with Crippen LogP contribution in [0.3, 0.4) is 0 Å². The molecule has 0 radical (unpaired) electrons. The molecule has 116 valence electrons. The van der Waals surface area contributed by atoms with Crippen molar-refractivity contribution in [2.24, 2.45) is 17.8 Å². The molecule has 0 aromatic rings. The second-order valence-corrected chi connectivity index (χ2v) is 5.99.